The van der Waals surface area contributed by atoms with Crippen molar-refractivity contribution in [3.8, 4) is 0 Å². The number of nitrogens with zero attached hydrogens (tertiary/aromatic N) is 1. The van der Waals surface area contributed by atoms with E-state index in [1.54, 1.807) is 30.5 Å². The highest BCUT2D eigenvalue weighted by Crippen LogP contribution is 2.09. The summed E-state index contributed by atoms with van der Waals surface area (Å²) in [5.41, 5.74) is 5.13. The van der Waals surface area contributed by atoms with Gasteiger partial charge in [0.05, 0.1) is 11.9 Å². The first-order valence-electron chi connectivity index (χ1n) is 6.06. The van der Waals surface area contributed by atoms with Crippen LogP contribution < -0.4 is 10.7 Å². The molecule has 0 saturated heterocycles. The van der Waals surface area contributed by atoms with Gasteiger partial charge < -0.3 is 5.32 Å². The monoisotopic (exact) mass is 271 g/mol. The van der Waals surface area contributed by atoms with Crippen molar-refractivity contribution < 1.29 is 9.18 Å². The summed E-state index contributed by atoms with van der Waals surface area (Å²) in [6, 6.07) is 13.2. The SMILES string of the molecule is CC(=O)Nc1ccc(/C=N/Nc2ccc(F)cc2)cc1. The molecule has 2 aromatic carbocycles. The highest BCUT2D eigenvalue weighted by molar-refractivity contribution is 5.89. The fraction of sp³-hybridized carbons (Fsp3) is 0.0667. The zero-order valence-corrected chi connectivity index (χ0v) is 10.9. The third-order valence-electron chi connectivity index (χ3n) is 2.48. The molecule has 0 fully saturated rings. The number of benzene rings is 2. The minimum absolute atomic E-state index is 0.107. The molecule has 102 valence electrons. The summed E-state index contributed by atoms with van der Waals surface area (Å²) < 4.78 is 12.7. The molecule has 0 radical (unpaired) electrons. The topological polar surface area (TPSA) is 53.5 Å². The Hall–Kier alpha value is -2.69. The lowest BCUT2D eigenvalue weighted by atomic mass is 10.2. The molecule has 0 aliphatic carbocycles. The van der Waals surface area contributed by atoms with E-state index in [9.17, 15) is 9.18 Å². The Morgan fingerprint density at radius 3 is 2.25 bits per heavy atom. The molecule has 4 nitrogen and oxygen atoms in total. The van der Waals surface area contributed by atoms with Gasteiger partial charge in [-0.05, 0) is 42.0 Å². The Morgan fingerprint density at radius 2 is 1.65 bits per heavy atom. The number of hydrogen-bond donors (Lipinski definition) is 2. The van der Waals surface area contributed by atoms with Gasteiger partial charge >= 0.3 is 0 Å². The smallest absolute Gasteiger partial charge is 0.221 e. The van der Waals surface area contributed by atoms with Gasteiger partial charge in [0.15, 0.2) is 0 Å². The molecule has 0 unspecified atom stereocenters. The van der Waals surface area contributed by atoms with Crippen LogP contribution in [0.2, 0.25) is 0 Å². The lowest BCUT2D eigenvalue weighted by molar-refractivity contribution is -0.114. The van der Waals surface area contributed by atoms with E-state index in [2.05, 4.69) is 15.8 Å². The van der Waals surface area contributed by atoms with Crippen LogP contribution in [0.15, 0.2) is 53.6 Å². The molecule has 5 heteroatoms. The number of amides is 1. The average Bonchev–Trinajstić information content (AvgIpc) is 2.42. The number of hydrazone groups is 1. The Labute approximate surface area is 116 Å². The normalized spacial score (nSPS) is 10.5. The maximum absolute atomic E-state index is 12.7. The molecule has 2 N–H and O–H groups in total. The fourth-order valence-electron chi connectivity index (χ4n) is 1.56. The van der Waals surface area contributed by atoms with Crippen molar-refractivity contribution in [2.24, 2.45) is 5.10 Å². The molecule has 0 spiro atoms. The van der Waals surface area contributed by atoms with Crippen molar-refractivity contribution in [2.75, 3.05) is 10.7 Å². The third-order valence-corrected chi connectivity index (χ3v) is 2.48. The van der Waals surface area contributed by atoms with E-state index in [1.807, 2.05) is 12.1 Å². The van der Waals surface area contributed by atoms with Gasteiger partial charge in [-0.2, -0.15) is 5.10 Å². The van der Waals surface area contributed by atoms with Crippen molar-refractivity contribution in [1.29, 1.82) is 0 Å². The number of carbonyl (C=O) groups is 1. The van der Waals surface area contributed by atoms with Crippen molar-refractivity contribution in [1.82, 2.24) is 0 Å². The second-order valence-corrected chi connectivity index (χ2v) is 4.18. The third kappa shape index (κ3) is 4.20. The van der Waals surface area contributed by atoms with E-state index in [0.717, 1.165) is 11.3 Å². The van der Waals surface area contributed by atoms with Crippen LogP contribution >= 0.6 is 0 Å². The van der Waals surface area contributed by atoms with Crippen molar-refractivity contribution in [2.45, 2.75) is 6.92 Å². The number of anilines is 2. The van der Waals surface area contributed by atoms with Crippen molar-refractivity contribution in [3.63, 3.8) is 0 Å². The van der Waals surface area contributed by atoms with E-state index >= 15 is 0 Å². The van der Waals surface area contributed by atoms with Crippen LogP contribution in [0, 0.1) is 5.82 Å². The van der Waals surface area contributed by atoms with Crippen molar-refractivity contribution >= 4 is 23.5 Å². The lowest BCUT2D eigenvalue weighted by Gasteiger charge is -2.02. The summed E-state index contributed by atoms with van der Waals surface area (Å²) in [5.74, 6) is -0.391. The van der Waals surface area contributed by atoms with Crippen molar-refractivity contribution in [3.05, 3.63) is 59.9 Å². The predicted molar refractivity (Wildman–Crippen MR) is 78.4 cm³/mol. The Balaban J connectivity index is 1.94. The molecular weight excluding hydrogens is 257 g/mol. The molecule has 0 bridgehead atoms. The Morgan fingerprint density at radius 1 is 1.05 bits per heavy atom. The molecule has 2 rings (SSSR count). The minimum atomic E-state index is -0.284. The van der Waals surface area contributed by atoms with E-state index in [1.165, 1.54) is 19.1 Å². The van der Waals surface area contributed by atoms with Crippen LogP contribution in [0.1, 0.15) is 12.5 Å². The molecular formula is C15H14FN3O. The quantitative estimate of drug-likeness (QED) is 0.662. The number of nitrogens with one attached hydrogen (secondary N) is 2. The van der Waals surface area contributed by atoms with E-state index in [-0.39, 0.29) is 11.7 Å². The van der Waals surface area contributed by atoms with Gasteiger partial charge in [0.2, 0.25) is 5.91 Å². The molecule has 0 atom stereocenters. The zero-order valence-electron chi connectivity index (χ0n) is 10.9. The fourth-order valence-corrected chi connectivity index (χ4v) is 1.56. The van der Waals surface area contributed by atoms with Crippen LogP contribution in [0.4, 0.5) is 15.8 Å². The van der Waals surface area contributed by atoms with Crippen LogP contribution in [0.25, 0.3) is 0 Å². The maximum atomic E-state index is 12.7. The van der Waals surface area contributed by atoms with Gasteiger partial charge in [0.25, 0.3) is 0 Å². The molecule has 0 aliphatic heterocycles. The summed E-state index contributed by atoms with van der Waals surface area (Å²) in [7, 11) is 0. The molecule has 20 heavy (non-hydrogen) atoms. The second-order valence-electron chi connectivity index (χ2n) is 4.18. The average molecular weight is 271 g/mol. The summed E-state index contributed by atoms with van der Waals surface area (Å²) >= 11 is 0. The first-order chi connectivity index (χ1) is 9.63. The van der Waals surface area contributed by atoms with E-state index in [0.29, 0.717) is 5.69 Å². The first-order valence-corrected chi connectivity index (χ1v) is 6.06. The van der Waals surface area contributed by atoms with Gasteiger partial charge in [-0.15, -0.1) is 0 Å². The highest BCUT2D eigenvalue weighted by atomic mass is 19.1. The van der Waals surface area contributed by atoms with Crippen LogP contribution in [0.3, 0.4) is 0 Å². The lowest BCUT2D eigenvalue weighted by Crippen LogP contribution is -2.05. The van der Waals surface area contributed by atoms with Crippen LogP contribution in [-0.4, -0.2) is 12.1 Å². The molecule has 0 aromatic heterocycles. The summed E-state index contributed by atoms with van der Waals surface area (Å²) in [6.45, 7) is 1.46. The predicted octanol–water partition coefficient (Wildman–Crippen LogP) is 3.23. The second kappa shape index (κ2) is 6.47. The zero-order chi connectivity index (χ0) is 14.4. The molecule has 0 aliphatic rings. The maximum Gasteiger partial charge on any atom is 0.221 e. The largest absolute Gasteiger partial charge is 0.326 e. The molecule has 1 amide bonds. The number of halogens is 1. The number of rotatable bonds is 4. The molecule has 0 saturated carbocycles. The standard InChI is InChI=1S/C15H14FN3O/c1-11(20)18-14-6-2-12(3-7-14)10-17-19-15-8-4-13(16)5-9-15/h2-10,19H,1H3,(H,18,20)/b17-10+. The Bertz CT molecular complexity index is 606. The van der Waals surface area contributed by atoms with Gasteiger partial charge in [-0.25, -0.2) is 4.39 Å². The molecule has 2 aromatic rings. The van der Waals surface area contributed by atoms with Gasteiger partial charge in [0.1, 0.15) is 5.82 Å². The molecule has 0 heterocycles. The summed E-state index contributed by atoms with van der Waals surface area (Å²) in [4.78, 5) is 10.9. The number of hydrogen-bond acceptors (Lipinski definition) is 3. The van der Waals surface area contributed by atoms with Crippen LogP contribution in [0.5, 0.6) is 0 Å². The van der Waals surface area contributed by atoms with Gasteiger partial charge in [-0.1, -0.05) is 12.1 Å². The van der Waals surface area contributed by atoms with E-state index < -0.39 is 0 Å². The van der Waals surface area contributed by atoms with Crippen LogP contribution in [-0.2, 0) is 4.79 Å². The summed E-state index contributed by atoms with van der Waals surface area (Å²) in [6.07, 6.45) is 1.64. The highest BCUT2D eigenvalue weighted by Gasteiger charge is 1.95. The minimum Gasteiger partial charge on any atom is -0.326 e. The Kier molecular flexibility index (Phi) is 4.44. The van der Waals surface area contributed by atoms with E-state index in [4.69, 9.17) is 0 Å². The van der Waals surface area contributed by atoms with Gasteiger partial charge in [0, 0.05) is 12.6 Å². The summed E-state index contributed by atoms with van der Waals surface area (Å²) in [5, 5.41) is 6.73. The first kappa shape index (κ1) is 13.7. The van der Waals surface area contributed by atoms with Gasteiger partial charge in [-0.3, -0.25) is 10.2 Å². The number of carbonyl (C=O) groups excluding carboxylic acids is 1.